The Labute approximate surface area is 163 Å². The Bertz CT molecular complexity index is 1050. The number of hydrogen-bond acceptors (Lipinski definition) is 3. The Morgan fingerprint density at radius 1 is 0.862 bits per heavy atom. The maximum Gasteiger partial charge on any atom is 0.416 e. The van der Waals surface area contributed by atoms with Gasteiger partial charge in [-0.25, -0.2) is 4.98 Å². The standard InChI is InChI=1S/C20H17F3N4O2/c21-20(22,23)15-4-1-14(2-5-15)18(28)26-9-11-27(12-10-26)19(29)16-6-3-13-7-8-24-17(13)25-16/h1-8H,9-12H2,(H,24,25). The van der Waals surface area contributed by atoms with Gasteiger partial charge >= 0.3 is 6.18 Å². The third-order valence-electron chi connectivity index (χ3n) is 4.94. The number of fused-ring (bicyclic) bond motifs is 1. The van der Waals surface area contributed by atoms with E-state index in [2.05, 4.69) is 9.97 Å². The van der Waals surface area contributed by atoms with E-state index in [9.17, 15) is 22.8 Å². The molecule has 9 heteroatoms. The Hall–Kier alpha value is -3.36. The number of amides is 2. The molecule has 0 radical (unpaired) electrons. The minimum absolute atomic E-state index is 0.191. The van der Waals surface area contributed by atoms with Gasteiger partial charge in [-0.05, 0) is 42.5 Å². The predicted molar refractivity (Wildman–Crippen MR) is 99.3 cm³/mol. The number of pyridine rings is 1. The molecule has 6 nitrogen and oxygen atoms in total. The van der Waals surface area contributed by atoms with E-state index in [-0.39, 0.29) is 17.4 Å². The second-order valence-electron chi connectivity index (χ2n) is 6.77. The first-order valence-electron chi connectivity index (χ1n) is 9.03. The highest BCUT2D eigenvalue weighted by atomic mass is 19.4. The number of aromatic nitrogens is 2. The van der Waals surface area contributed by atoms with Gasteiger partial charge in [-0.3, -0.25) is 9.59 Å². The first kappa shape index (κ1) is 19.0. The van der Waals surface area contributed by atoms with Crippen molar-refractivity contribution < 1.29 is 22.8 Å². The van der Waals surface area contributed by atoms with Gasteiger partial charge in [-0.15, -0.1) is 0 Å². The number of piperazine rings is 1. The minimum atomic E-state index is -4.44. The van der Waals surface area contributed by atoms with Crippen LogP contribution >= 0.6 is 0 Å². The van der Waals surface area contributed by atoms with Crippen LogP contribution in [0, 0.1) is 0 Å². The fourth-order valence-corrected chi connectivity index (χ4v) is 3.31. The maximum absolute atomic E-state index is 12.7. The summed E-state index contributed by atoms with van der Waals surface area (Å²) in [5.41, 5.74) is 0.349. The topological polar surface area (TPSA) is 69.3 Å². The summed E-state index contributed by atoms with van der Waals surface area (Å²) in [4.78, 5) is 35.7. The lowest BCUT2D eigenvalue weighted by atomic mass is 10.1. The van der Waals surface area contributed by atoms with Crippen LogP contribution in [0.2, 0.25) is 0 Å². The van der Waals surface area contributed by atoms with Crippen molar-refractivity contribution in [3.05, 3.63) is 65.5 Å². The Balaban J connectivity index is 1.39. The van der Waals surface area contributed by atoms with E-state index in [0.717, 1.165) is 17.5 Å². The van der Waals surface area contributed by atoms with E-state index < -0.39 is 11.7 Å². The summed E-state index contributed by atoms with van der Waals surface area (Å²) in [5, 5.41) is 0.911. The molecule has 0 bridgehead atoms. The quantitative estimate of drug-likeness (QED) is 0.716. The number of benzene rings is 1. The van der Waals surface area contributed by atoms with Crippen molar-refractivity contribution >= 4 is 22.8 Å². The molecule has 1 aliphatic heterocycles. The van der Waals surface area contributed by atoms with Gasteiger partial charge in [0, 0.05) is 43.3 Å². The molecule has 4 rings (SSSR count). The van der Waals surface area contributed by atoms with Crippen molar-refractivity contribution in [3.8, 4) is 0 Å². The first-order valence-corrected chi connectivity index (χ1v) is 9.03. The number of carbonyl (C=O) groups is 2. The highest BCUT2D eigenvalue weighted by Gasteiger charge is 2.31. The lowest BCUT2D eigenvalue weighted by molar-refractivity contribution is -0.137. The van der Waals surface area contributed by atoms with Crippen LogP contribution in [-0.4, -0.2) is 57.8 Å². The lowest BCUT2D eigenvalue weighted by Gasteiger charge is -2.34. The third kappa shape index (κ3) is 3.80. The highest BCUT2D eigenvalue weighted by Crippen LogP contribution is 2.29. The summed E-state index contributed by atoms with van der Waals surface area (Å²) in [7, 11) is 0. The number of hydrogen-bond donors (Lipinski definition) is 1. The molecule has 1 aromatic carbocycles. The number of nitrogens with zero attached hydrogens (tertiary/aromatic N) is 3. The molecule has 2 aromatic heterocycles. The van der Waals surface area contributed by atoms with Crippen LogP contribution in [-0.2, 0) is 6.18 Å². The number of carbonyl (C=O) groups excluding carboxylic acids is 2. The second-order valence-corrected chi connectivity index (χ2v) is 6.77. The van der Waals surface area contributed by atoms with Gasteiger partial charge in [0.25, 0.3) is 11.8 Å². The van der Waals surface area contributed by atoms with Gasteiger partial charge in [0.2, 0.25) is 0 Å². The molecule has 1 fully saturated rings. The second kappa shape index (κ2) is 7.23. The molecule has 0 spiro atoms. The molecule has 0 unspecified atom stereocenters. The number of H-pyrrole nitrogens is 1. The van der Waals surface area contributed by atoms with Crippen molar-refractivity contribution in [2.75, 3.05) is 26.2 Å². The average Bonchev–Trinajstić information content (AvgIpc) is 3.20. The predicted octanol–water partition coefficient (Wildman–Crippen LogP) is 3.18. The van der Waals surface area contributed by atoms with E-state index in [1.54, 1.807) is 17.2 Å². The van der Waals surface area contributed by atoms with E-state index in [0.29, 0.717) is 37.5 Å². The smallest absolute Gasteiger partial charge is 0.346 e. The van der Waals surface area contributed by atoms with Crippen LogP contribution in [0.15, 0.2) is 48.7 Å². The van der Waals surface area contributed by atoms with Crippen LogP contribution in [0.1, 0.15) is 26.4 Å². The zero-order chi connectivity index (χ0) is 20.6. The van der Waals surface area contributed by atoms with Crippen LogP contribution in [0.5, 0.6) is 0 Å². The maximum atomic E-state index is 12.7. The van der Waals surface area contributed by atoms with E-state index in [1.807, 2.05) is 12.1 Å². The molecule has 0 aliphatic carbocycles. The monoisotopic (exact) mass is 402 g/mol. The molecule has 2 amide bonds. The number of halogens is 3. The average molecular weight is 402 g/mol. The molecule has 0 atom stereocenters. The van der Waals surface area contributed by atoms with Crippen LogP contribution in [0.4, 0.5) is 13.2 Å². The van der Waals surface area contributed by atoms with Crippen molar-refractivity contribution in [2.45, 2.75) is 6.18 Å². The van der Waals surface area contributed by atoms with Gasteiger partial charge < -0.3 is 14.8 Å². The minimum Gasteiger partial charge on any atom is -0.346 e. The van der Waals surface area contributed by atoms with E-state index >= 15 is 0 Å². The largest absolute Gasteiger partial charge is 0.416 e. The highest BCUT2D eigenvalue weighted by molar-refractivity contribution is 5.96. The van der Waals surface area contributed by atoms with Gasteiger partial charge in [0.1, 0.15) is 11.3 Å². The summed E-state index contributed by atoms with van der Waals surface area (Å²) >= 11 is 0. The van der Waals surface area contributed by atoms with Crippen LogP contribution in [0.3, 0.4) is 0 Å². The molecule has 1 saturated heterocycles. The molecular weight excluding hydrogens is 385 g/mol. The molecule has 3 heterocycles. The lowest BCUT2D eigenvalue weighted by Crippen LogP contribution is -2.50. The number of alkyl halides is 3. The zero-order valence-corrected chi connectivity index (χ0v) is 15.2. The van der Waals surface area contributed by atoms with Crippen molar-refractivity contribution in [1.82, 2.24) is 19.8 Å². The number of rotatable bonds is 2. The Morgan fingerprint density at radius 3 is 2.10 bits per heavy atom. The van der Waals surface area contributed by atoms with Gasteiger partial charge in [0.05, 0.1) is 5.56 Å². The van der Waals surface area contributed by atoms with Crippen molar-refractivity contribution in [3.63, 3.8) is 0 Å². The Kier molecular flexibility index (Phi) is 4.73. The number of aromatic amines is 1. The Morgan fingerprint density at radius 2 is 1.48 bits per heavy atom. The SMILES string of the molecule is O=C(c1ccc(C(F)(F)F)cc1)N1CCN(C(=O)c2ccc3cc[nH]c3n2)CC1. The molecule has 0 saturated carbocycles. The van der Waals surface area contributed by atoms with Gasteiger partial charge in [-0.1, -0.05) is 0 Å². The summed E-state index contributed by atoms with van der Waals surface area (Å²) in [5.74, 6) is -0.570. The summed E-state index contributed by atoms with van der Waals surface area (Å²) in [6.45, 7) is 1.26. The number of nitrogens with one attached hydrogen (secondary N) is 1. The first-order chi connectivity index (χ1) is 13.8. The van der Waals surface area contributed by atoms with E-state index in [1.165, 1.54) is 17.0 Å². The molecule has 29 heavy (non-hydrogen) atoms. The molecule has 3 aromatic rings. The summed E-state index contributed by atoms with van der Waals surface area (Å²) < 4.78 is 38.0. The van der Waals surface area contributed by atoms with Gasteiger partial charge in [-0.2, -0.15) is 13.2 Å². The molecular formula is C20H17F3N4O2. The van der Waals surface area contributed by atoms with Crippen LogP contribution in [0.25, 0.3) is 11.0 Å². The van der Waals surface area contributed by atoms with Crippen LogP contribution < -0.4 is 0 Å². The molecule has 150 valence electrons. The molecule has 1 aliphatic rings. The summed E-state index contributed by atoms with van der Waals surface area (Å²) in [6, 6.07) is 9.50. The normalized spacial score (nSPS) is 15.0. The fraction of sp³-hybridized carbons (Fsp3) is 0.250. The zero-order valence-electron chi connectivity index (χ0n) is 15.2. The van der Waals surface area contributed by atoms with Crippen molar-refractivity contribution in [2.24, 2.45) is 0 Å². The third-order valence-corrected chi connectivity index (χ3v) is 4.94. The van der Waals surface area contributed by atoms with Gasteiger partial charge in [0.15, 0.2) is 0 Å². The summed E-state index contributed by atoms with van der Waals surface area (Å²) in [6.07, 6.45) is -2.69. The van der Waals surface area contributed by atoms with E-state index in [4.69, 9.17) is 0 Å². The fourth-order valence-electron chi connectivity index (χ4n) is 3.31. The molecule has 1 N–H and O–H groups in total. The van der Waals surface area contributed by atoms with Crippen molar-refractivity contribution in [1.29, 1.82) is 0 Å².